The Labute approximate surface area is 175 Å². The highest BCUT2D eigenvalue weighted by Crippen LogP contribution is 2.28. The van der Waals surface area contributed by atoms with E-state index in [1.54, 1.807) is 18.2 Å². The third-order valence-electron chi connectivity index (χ3n) is 4.85. The van der Waals surface area contributed by atoms with E-state index in [0.717, 1.165) is 8.82 Å². The second-order valence-corrected chi connectivity index (χ2v) is 8.89. The molecule has 1 N–H and O–H groups in total. The largest absolute Gasteiger partial charge is 0.453 e. The Morgan fingerprint density at radius 3 is 2.58 bits per heavy atom. The molecule has 3 aromatic rings. The minimum atomic E-state index is -4.74. The van der Waals surface area contributed by atoms with Gasteiger partial charge in [0.1, 0.15) is 11.9 Å². The Morgan fingerprint density at radius 1 is 1.19 bits per heavy atom. The quantitative estimate of drug-likeness (QED) is 0.648. The summed E-state index contributed by atoms with van der Waals surface area (Å²) in [5.74, 6) is -2.34. The molecule has 2 aromatic heterocycles. The summed E-state index contributed by atoms with van der Waals surface area (Å²) >= 11 is 0. The van der Waals surface area contributed by atoms with Crippen LogP contribution in [0.3, 0.4) is 0 Å². The number of sulfonamides is 1. The first kappa shape index (κ1) is 21.2. The lowest BCUT2D eigenvalue weighted by Gasteiger charge is -2.23. The third-order valence-corrected chi connectivity index (χ3v) is 6.77. The molecular weight excluding hydrogens is 437 g/mol. The highest BCUT2D eigenvalue weighted by molar-refractivity contribution is 7.89. The van der Waals surface area contributed by atoms with Gasteiger partial charge in [-0.25, -0.2) is 12.9 Å². The Bertz CT molecular complexity index is 1240. The maximum Gasteiger partial charge on any atom is 0.453 e. The summed E-state index contributed by atoms with van der Waals surface area (Å²) in [5, 5.41) is 5.88. The number of fused-ring (bicyclic) bond motifs is 1. The Kier molecular flexibility index (Phi) is 5.17. The van der Waals surface area contributed by atoms with Crippen molar-refractivity contribution in [2.45, 2.75) is 36.9 Å². The van der Waals surface area contributed by atoms with Crippen LogP contribution in [0.4, 0.5) is 19.0 Å². The van der Waals surface area contributed by atoms with Crippen molar-refractivity contribution < 1.29 is 26.4 Å². The van der Waals surface area contributed by atoms with Gasteiger partial charge in [-0.3, -0.25) is 4.79 Å². The molecule has 164 valence electrons. The number of amides is 1. The van der Waals surface area contributed by atoms with Crippen molar-refractivity contribution in [1.82, 2.24) is 23.9 Å². The molecule has 1 unspecified atom stereocenters. The van der Waals surface area contributed by atoms with E-state index in [0.29, 0.717) is 12.8 Å². The molecule has 31 heavy (non-hydrogen) atoms. The Morgan fingerprint density at radius 2 is 1.90 bits per heavy atom. The van der Waals surface area contributed by atoms with Gasteiger partial charge in [0.25, 0.3) is 11.6 Å². The first-order valence-electron chi connectivity index (χ1n) is 9.27. The van der Waals surface area contributed by atoms with E-state index in [2.05, 4.69) is 20.4 Å². The van der Waals surface area contributed by atoms with Gasteiger partial charge in [0.05, 0.1) is 4.90 Å². The number of carbonyl (C=O) groups is 1. The molecule has 3 heterocycles. The Hall–Kier alpha value is -3.06. The van der Waals surface area contributed by atoms with Crippen LogP contribution in [0.2, 0.25) is 0 Å². The van der Waals surface area contributed by atoms with E-state index < -0.39 is 34.0 Å². The normalized spacial score (nSPS) is 17.9. The highest BCUT2D eigenvalue weighted by Gasteiger charge is 2.40. The molecular formula is C18H17F3N6O3S. The number of hydrogen-bond donors (Lipinski definition) is 1. The van der Waals surface area contributed by atoms with Gasteiger partial charge in [0, 0.05) is 18.3 Å². The first-order chi connectivity index (χ1) is 14.6. The molecule has 1 amide bonds. The first-order valence-corrected chi connectivity index (χ1v) is 10.7. The van der Waals surface area contributed by atoms with Crippen LogP contribution in [0, 0.1) is 6.92 Å². The summed E-state index contributed by atoms with van der Waals surface area (Å²) in [6.45, 7) is 1.67. The number of halogens is 3. The molecule has 1 atom stereocenters. The molecule has 1 saturated heterocycles. The summed E-state index contributed by atoms with van der Waals surface area (Å²) in [4.78, 5) is 20.2. The number of nitrogens with one attached hydrogen (secondary N) is 1. The van der Waals surface area contributed by atoms with Crippen molar-refractivity contribution in [2.75, 3.05) is 11.9 Å². The number of aryl methyl sites for hydroxylation is 1. The molecule has 0 bridgehead atoms. The van der Waals surface area contributed by atoms with Crippen molar-refractivity contribution in [2.24, 2.45) is 0 Å². The van der Waals surface area contributed by atoms with Crippen molar-refractivity contribution in [1.29, 1.82) is 0 Å². The van der Waals surface area contributed by atoms with E-state index in [1.807, 2.05) is 0 Å². The van der Waals surface area contributed by atoms with Crippen molar-refractivity contribution in [3.05, 3.63) is 47.9 Å². The van der Waals surface area contributed by atoms with Gasteiger partial charge in [0.15, 0.2) is 0 Å². The van der Waals surface area contributed by atoms with E-state index in [1.165, 1.54) is 25.1 Å². The molecule has 0 aliphatic carbocycles. The van der Waals surface area contributed by atoms with Crippen LogP contribution in [0.15, 0.2) is 41.3 Å². The summed E-state index contributed by atoms with van der Waals surface area (Å²) in [7, 11) is -3.88. The fourth-order valence-electron chi connectivity index (χ4n) is 3.42. The third kappa shape index (κ3) is 3.97. The molecule has 1 aliphatic heterocycles. The van der Waals surface area contributed by atoms with Gasteiger partial charge in [-0.15, -0.1) is 5.10 Å². The summed E-state index contributed by atoms with van der Waals surface area (Å²) in [6.07, 6.45) is -3.93. The number of benzene rings is 1. The topological polar surface area (TPSA) is 110 Å². The van der Waals surface area contributed by atoms with Gasteiger partial charge in [-0.05, 0) is 31.9 Å². The number of carbonyl (C=O) groups excluding carboxylic acids is 1. The van der Waals surface area contributed by atoms with Crippen LogP contribution in [0.1, 0.15) is 24.4 Å². The Balaban J connectivity index is 1.59. The summed E-state index contributed by atoms with van der Waals surface area (Å²) in [6, 6.07) is 8.14. The predicted octanol–water partition coefficient (Wildman–Crippen LogP) is 2.24. The molecule has 1 aromatic carbocycles. The second kappa shape index (κ2) is 7.57. The molecule has 1 fully saturated rings. The van der Waals surface area contributed by atoms with Crippen LogP contribution in [0.25, 0.3) is 5.78 Å². The average molecular weight is 454 g/mol. The molecule has 0 saturated carbocycles. The maximum absolute atomic E-state index is 12.9. The van der Waals surface area contributed by atoms with E-state index in [4.69, 9.17) is 0 Å². The van der Waals surface area contributed by atoms with E-state index >= 15 is 0 Å². The summed E-state index contributed by atoms with van der Waals surface area (Å²) in [5.41, 5.74) is 0.267. The van der Waals surface area contributed by atoms with Gasteiger partial charge in [-0.2, -0.15) is 27.4 Å². The van der Waals surface area contributed by atoms with E-state index in [9.17, 15) is 26.4 Å². The summed E-state index contributed by atoms with van der Waals surface area (Å²) < 4.78 is 66.5. The standard InChI is InChI=1S/C18H17F3N6O3S/c1-11-10-14(23-17-24-16(18(19,20)21)25-27(11)17)22-15(28)13-8-5-9-26(13)31(29,30)12-6-3-2-4-7-12/h2-4,6-7,10,13H,5,8-9H2,1H3,(H,22,23,24,25,28). The zero-order chi connectivity index (χ0) is 22.4. The van der Waals surface area contributed by atoms with Crippen molar-refractivity contribution in [3.8, 4) is 0 Å². The van der Waals surface area contributed by atoms with Crippen molar-refractivity contribution >= 4 is 27.5 Å². The van der Waals surface area contributed by atoms with Crippen molar-refractivity contribution in [3.63, 3.8) is 0 Å². The lowest BCUT2D eigenvalue weighted by Crippen LogP contribution is -2.43. The van der Waals surface area contributed by atoms with Crippen LogP contribution >= 0.6 is 0 Å². The fourth-order valence-corrected chi connectivity index (χ4v) is 5.10. The number of alkyl halides is 3. The van der Waals surface area contributed by atoms with Crippen LogP contribution in [-0.2, 0) is 21.0 Å². The van der Waals surface area contributed by atoms with Gasteiger partial charge in [-0.1, -0.05) is 18.2 Å². The lowest BCUT2D eigenvalue weighted by molar-refractivity contribution is -0.144. The molecule has 9 nitrogen and oxygen atoms in total. The van der Waals surface area contributed by atoms with Gasteiger partial charge < -0.3 is 5.32 Å². The lowest BCUT2D eigenvalue weighted by atomic mass is 10.2. The van der Waals surface area contributed by atoms with Crippen LogP contribution in [-0.4, -0.2) is 50.8 Å². The number of rotatable bonds is 4. The van der Waals surface area contributed by atoms with Crippen LogP contribution in [0.5, 0.6) is 0 Å². The van der Waals surface area contributed by atoms with Crippen LogP contribution < -0.4 is 5.32 Å². The monoisotopic (exact) mass is 454 g/mol. The molecule has 0 radical (unpaired) electrons. The molecule has 13 heteroatoms. The number of aromatic nitrogens is 4. The molecule has 4 rings (SSSR count). The zero-order valence-corrected chi connectivity index (χ0v) is 17.0. The zero-order valence-electron chi connectivity index (χ0n) is 16.2. The molecule has 1 aliphatic rings. The smallest absolute Gasteiger partial charge is 0.309 e. The van der Waals surface area contributed by atoms with E-state index in [-0.39, 0.29) is 28.7 Å². The SMILES string of the molecule is Cc1cc(NC(=O)C2CCCN2S(=O)(=O)c2ccccc2)nc2nc(C(F)(F)F)nn12. The number of anilines is 1. The van der Waals surface area contributed by atoms with Gasteiger partial charge >= 0.3 is 6.18 Å². The fraction of sp³-hybridized carbons (Fsp3) is 0.333. The second-order valence-electron chi connectivity index (χ2n) is 7.00. The number of hydrogen-bond acceptors (Lipinski definition) is 6. The number of nitrogens with zero attached hydrogens (tertiary/aromatic N) is 5. The highest BCUT2D eigenvalue weighted by atomic mass is 32.2. The predicted molar refractivity (Wildman–Crippen MR) is 103 cm³/mol. The average Bonchev–Trinajstić information content (AvgIpc) is 3.36. The maximum atomic E-state index is 12.9. The van der Waals surface area contributed by atoms with Gasteiger partial charge in [0.2, 0.25) is 15.9 Å². The molecule has 0 spiro atoms. The minimum Gasteiger partial charge on any atom is -0.309 e. The minimum absolute atomic E-state index is 0.0416.